The molecule has 4 aromatic rings. The first-order chi connectivity index (χ1) is 14.2. The monoisotopic (exact) mass is 404 g/mol. The van der Waals surface area contributed by atoms with Crippen molar-refractivity contribution in [2.45, 2.75) is 13.5 Å². The largest absolute Gasteiger partial charge is 0.490 e. The van der Waals surface area contributed by atoms with Gasteiger partial charge < -0.3 is 14.5 Å². The van der Waals surface area contributed by atoms with E-state index in [4.69, 9.17) is 9.47 Å². The second kappa shape index (κ2) is 8.75. The minimum absolute atomic E-state index is 0.221. The van der Waals surface area contributed by atoms with Gasteiger partial charge in [0.05, 0.1) is 17.6 Å². The number of aromatic nitrogens is 2. The van der Waals surface area contributed by atoms with Gasteiger partial charge in [-0.15, -0.1) is 11.3 Å². The van der Waals surface area contributed by atoms with Gasteiger partial charge in [-0.2, -0.15) is 0 Å². The molecular weight excluding hydrogens is 384 g/mol. The van der Waals surface area contributed by atoms with Gasteiger partial charge in [-0.3, -0.25) is 4.79 Å². The Morgan fingerprint density at radius 2 is 1.93 bits per heavy atom. The molecule has 146 valence electrons. The number of aromatic amines is 1. The molecule has 29 heavy (non-hydrogen) atoms. The molecule has 0 aliphatic carbocycles. The summed E-state index contributed by atoms with van der Waals surface area (Å²) in [6.07, 6.45) is 3.56. The highest BCUT2D eigenvalue weighted by Gasteiger charge is 2.07. The SMILES string of the molecule is CCOc1cc(/C=C/c2nc3ccccc3[nH]c2=O)ccc1OCc1cccs1. The van der Waals surface area contributed by atoms with E-state index in [-0.39, 0.29) is 5.56 Å². The number of ether oxygens (including phenoxy) is 2. The Bertz CT molecular complexity index is 1200. The summed E-state index contributed by atoms with van der Waals surface area (Å²) >= 11 is 1.66. The molecule has 0 radical (unpaired) electrons. The van der Waals surface area contributed by atoms with Gasteiger partial charge in [-0.25, -0.2) is 4.98 Å². The Morgan fingerprint density at radius 1 is 1.03 bits per heavy atom. The van der Waals surface area contributed by atoms with Gasteiger partial charge in [-0.1, -0.05) is 30.3 Å². The van der Waals surface area contributed by atoms with Crippen molar-refractivity contribution in [2.75, 3.05) is 6.61 Å². The van der Waals surface area contributed by atoms with Crippen molar-refractivity contribution in [3.05, 3.63) is 86.5 Å². The molecule has 0 spiro atoms. The van der Waals surface area contributed by atoms with E-state index < -0.39 is 0 Å². The maximum atomic E-state index is 12.3. The number of benzene rings is 2. The predicted molar refractivity (Wildman–Crippen MR) is 118 cm³/mol. The molecule has 0 amide bonds. The molecule has 6 heteroatoms. The van der Waals surface area contributed by atoms with Crippen LogP contribution >= 0.6 is 11.3 Å². The number of H-pyrrole nitrogens is 1. The summed E-state index contributed by atoms with van der Waals surface area (Å²) in [6.45, 7) is 2.97. The van der Waals surface area contributed by atoms with Gasteiger partial charge in [0.2, 0.25) is 0 Å². The number of nitrogens with zero attached hydrogens (tertiary/aromatic N) is 1. The Hall–Kier alpha value is -3.38. The average molecular weight is 404 g/mol. The van der Waals surface area contributed by atoms with Crippen LogP contribution in [0.4, 0.5) is 0 Å². The number of fused-ring (bicyclic) bond motifs is 1. The molecule has 2 aromatic heterocycles. The van der Waals surface area contributed by atoms with Gasteiger partial charge in [0.25, 0.3) is 5.56 Å². The Morgan fingerprint density at radius 3 is 2.76 bits per heavy atom. The zero-order valence-electron chi connectivity index (χ0n) is 15.9. The van der Waals surface area contributed by atoms with E-state index in [9.17, 15) is 4.79 Å². The zero-order chi connectivity index (χ0) is 20.1. The van der Waals surface area contributed by atoms with E-state index in [2.05, 4.69) is 9.97 Å². The summed E-state index contributed by atoms with van der Waals surface area (Å²) in [5.41, 5.74) is 2.51. The van der Waals surface area contributed by atoms with E-state index in [1.54, 1.807) is 17.4 Å². The highest BCUT2D eigenvalue weighted by molar-refractivity contribution is 7.09. The molecule has 0 saturated heterocycles. The fraction of sp³-hybridized carbons (Fsp3) is 0.130. The van der Waals surface area contributed by atoms with E-state index in [1.807, 2.05) is 73.0 Å². The standard InChI is InChI=1S/C23H20N2O3S/c1-2-27-22-14-16(10-12-21(22)28-15-17-6-5-13-29-17)9-11-20-23(26)25-19-8-4-3-7-18(19)24-20/h3-14H,2,15H2,1H3,(H,25,26)/b11-9+. The summed E-state index contributed by atoms with van der Waals surface area (Å²) < 4.78 is 11.7. The van der Waals surface area contributed by atoms with E-state index in [0.717, 1.165) is 21.5 Å². The third kappa shape index (κ3) is 4.55. The summed E-state index contributed by atoms with van der Waals surface area (Å²) in [5.74, 6) is 1.37. The summed E-state index contributed by atoms with van der Waals surface area (Å²) in [5, 5.41) is 2.03. The lowest BCUT2D eigenvalue weighted by Gasteiger charge is -2.12. The molecule has 2 heterocycles. The number of para-hydroxylation sites is 2. The molecule has 2 aromatic carbocycles. The number of rotatable bonds is 7. The Balaban J connectivity index is 1.57. The lowest BCUT2D eigenvalue weighted by molar-refractivity contribution is 0.271. The van der Waals surface area contributed by atoms with Crippen LogP contribution in [0.3, 0.4) is 0 Å². The smallest absolute Gasteiger partial charge is 0.274 e. The molecule has 0 bridgehead atoms. The molecule has 0 saturated carbocycles. The van der Waals surface area contributed by atoms with Crippen LogP contribution in [0.5, 0.6) is 11.5 Å². The van der Waals surface area contributed by atoms with Crippen LogP contribution in [-0.2, 0) is 6.61 Å². The summed E-state index contributed by atoms with van der Waals surface area (Å²) in [7, 11) is 0. The predicted octanol–water partition coefficient (Wildman–Crippen LogP) is 5.13. The first-order valence-corrected chi connectivity index (χ1v) is 10.2. The fourth-order valence-corrected chi connectivity index (χ4v) is 3.51. The van der Waals surface area contributed by atoms with E-state index in [1.165, 1.54) is 0 Å². The van der Waals surface area contributed by atoms with Crippen LogP contribution in [0.2, 0.25) is 0 Å². The number of hydrogen-bond acceptors (Lipinski definition) is 5. The molecule has 0 unspecified atom stereocenters. The molecule has 0 atom stereocenters. The molecule has 4 rings (SSSR count). The first kappa shape index (κ1) is 19.0. The molecule has 5 nitrogen and oxygen atoms in total. The molecule has 0 aliphatic heterocycles. The lowest BCUT2D eigenvalue weighted by Crippen LogP contribution is -2.11. The maximum absolute atomic E-state index is 12.3. The number of nitrogens with one attached hydrogen (secondary N) is 1. The molecule has 0 aliphatic rings. The first-order valence-electron chi connectivity index (χ1n) is 9.32. The lowest BCUT2D eigenvalue weighted by atomic mass is 10.1. The van der Waals surface area contributed by atoms with Crippen LogP contribution in [0.1, 0.15) is 23.1 Å². The van der Waals surface area contributed by atoms with Crippen molar-refractivity contribution in [3.8, 4) is 11.5 Å². The minimum atomic E-state index is -0.221. The van der Waals surface area contributed by atoms with Crippen LogP contribution in [0.25, 0.3) is 23.2 Å². The van der Waals surface area contributed by atoms with Crippen LogP contribution in [0, 0.1) is 0 Å². The molecular formula is C23H20N2O3S. The van der Waals surface area contributed by atoms with E-state index >= 15 is 0 Å². The summed E-state index contributed by atoms with van der Waals surface area (Å²) in [6, 6.07) is 17.2. The van der Waals surface area contributed by atoms with Gasteiger partial charge >= 0.3 is 0 Å². The Labute approximate surface area is 172 Å². The normalized spacial score (nSPS) is 11.2. The topological polar surface area (TPSA) is 64.2 Å². The van der Waals surface area contributed by atoms with Gasteiger partial charge in [0.1, 0.15) is 12.3 Å². The third-order valence-corrected chi connectivity index (χ3v) is 5.13. The van der Waals surface area contributed by atoms with Crippen molar-refractivity contribution >= 4 is 34.5 Å². The maximum Gasteiger partial charge on any atom is 0.274 e. The highest BCUT2D eigenvalue weighted by Crippen LogP contribution is 2.30. The summed E-state index contributed by atoms with van der Waals surface area (Å²) in [4.78, 5) is 20.7. The van der Waals surface area contributed by atoms with Gasteiger partial charge in [0.15, 0.2) is 11.5 Å². The van der Waals surface area contributed by atoms with Gasteiger partial charge in [-0.05, 0) is 54.3 Å². The van der Waals surface area contributed by atoms with Crippen LogP contribution < -0.4 is 15.0 Å². The third-order valence-electron chi connectivity index (χ3n) is 4.28. The number of hydrogen-bond donors (Lipinski definition) is 1. The molecule has 0 fully saturated rings. The average Bonchev–Trinajstić information content (AvgIpc) is 3.25. The van der Waals surface area contributed by atoms with Gasteiger partial charge in [0, 0.05) is 4.88 Å². The second-order valence-electron chi connectivity index (χ2n) is 6.31. The Kier molecular flexibility index (Phi) is 5.72. The zero-order valence-corrected chi connectivity index (χ0v) is 16.7. The quantitative estimate of drug-likeness (QED) is 0.464. The van der Waals surface area contributed by atoms with Crippen molar-refractivity contribution in [1.29, 1.82) is 0 Å². The van der Waals surface area contributed by atoms with E-state index in [0.29, 0.717) is 30.4 Å². The van der Waals surface area contributed by atoms with Crippen LogP contribution in [-0.4, -0.2) is 16.6 Å². The highest BCUT2D eigenvalue weighted by atomic mass is 32.1. The number of thiophene rings is 1. The fourth-order valence-electron chi connectivity index (χ4n) is 2.89. The second-order valence-corrected chi connectivity index (χ2v) is 7.34. The van der Waals surface area contributed by atoms with Crippen molar-refractivity contribution in [1.82, 2.24) is 9.97 Å². The van der Waals surface area contributed by atoms with Crippen molar-refractivity contribution < 1.29 is 9.47 Å². The minimum Gasteiger partial charge on any atom is -0.490 e. The molecule has 1 N–H and O–H groups in total. The van der Waals surface area contributed by atoms with Crippen LogP contribution in [0.15, 0.2) is 64.8 Å². The van der Waals surface area contributed by atoms with Crippen molar-refractivity contribution in [3.63, 3.8) is 0 Å². The van der Waals surface area contributed by atoms with Crippen molar-refractivity contribution in [2.24, 2.45) is 0 Å².